The Hall–Kier alpha value is -0.610. The number of hydrogen-bond acceptors (Lipinski definition) is 3. The molecule has 0 amide bonds. The largest absolute Gasteiger partial charge is 0.372 e. The Morgan fingerprint density at radius 3 is 2.48 bits per heavy atom. The number of hydrogen-bond donors (Lipinski definition) is 1. The second-order valence-corrected chi connectivity index (χ2v) is 6.88. The third-order valence-corrected chi connectivity index (χ3v) is 4.80. The predicted molar refractivity (Wildman–Crippen MR) is 89.0 cm³/mol. The van der Waals surface area contributed by atoms with Crippen LogP contribution in [0.15, 0.2) is 30.3 Å². The molecule has 0 unspecified atom stereocenters. The lowest BCUT2D eigenvalue weighted by Crippen LogP contribution is -2.63. The Labute approximate surface area is 134 Å². The average molecular weight is 311 g/mol. The molecule has 1 aromatic rings. The summed E-state index contributed by atoms with van der Waals surface area (Å²) in [7, 11) is 0. The van der Waals surface area contributed by atoms with Gasteiger partial charge < -0.3 is 10.1 Å². The molecular weight excluding hydrogens is 284 g/mol. The van der Waals surface area contributed by atoms with Gasteiger partial charge in [0, 0.05) is 18.6 Å². The van der Waals surface area contributed by atoms with E-state index < -0.39 is 0 Å². The van der Waals surface area contributed by atoms with Crippen molar-refractivity contribution in [2.45, 2.75) is 44.4 Å². The lowest BCUT2D eigenvalue weighted by Gasteiger charge is -2.52. The molecule has 118 valence electrons. The highest BCUT2D eigenvalue weighted by Gasteiger charge is 2.44. The van der Waals surface area contributed by atoms with Gasteiger partial charge in [0.15, 0.2) is 0 Å². The van der Waals surface area contributed by atoms with Gasteiger partial charge in [-0.2, -0.15) is 0 Å². The van der Waals surface area contributed by atoms with Gasteiger partial charge >= 0.3 is 0 Å². The first-order valence-electron chi connectivity index (χ1n) is 7.73. The van der Waals surface area contributed by atoms with Crippen molar-refractivity contribution in [2.24, 2.45) is 0 Å². The summed E-state index contributed by atoms with van der Waals surface area (Å²) in [5.74, 6) is 0. The van der Waals surface area contributed by atoms with Crippen LogP contribution < -0.4 is 5.32 Å². The van der Waals surface area contributed by atoms with Crippen molar-refractivity contribution < 1.29 is 4.74 Å². The van der Waals surface area contributed by atoms with Gasteiger partial charge in [0.05, 0.1) is 12.2 Å². The number of ether oxygens (including phenoxy) is 1. The highest BCUT2D eigenvalue weighted by molar-refractivity contribution is 5.85. The van der Waals surface area contributed by atoms with Crippen LogP contribution in [0.5, 0.6) is 0 Å². The summed E-state index contributed by atoms with van der Waals surface area (Å²) in [6.45, 7) is 9.66. The number of piperidine rings is 1. The number of benzene rings is 1. The quantitative estimate of drug-likeness (QED) is 0.909. The first kappa shape index (κ1) is 16.8. The minimum absolute atomic E-state index is 0. The number of halogens is 1. The number of rotatable bonds is 2. The van der Waals surface area contributed by atoms with Crippen molar-refractivity contribution in [3.63, 3.8) is 0 Å². The second-order valence-electron chi connectivity index (χ2n) is 6.88. The fourth-order valence-corrected chi connectivity index (χ4v) is 3.29. The van der Waals surface area contributed by atoms with Crippen LogP contribution in [0.4, 0.5) is 0 Å². The van der Waals surface area contributed by atoms with Gasteiger partial charge in [0.25, 0.3) is 0 Å². The van der Waals surface area contributed by atoms with Crippen LogP contribution in [0.2, 0.25) is 0 Å². The molecule has 21 heavy (non-hydrogen) atoms. The van der Waals surface area contributed by atoms with Crippen LogP contribution in [-0.4, -0.2) is 42.3 Å². The molecule has 2 fully saturated rings. The number of nitrogens with zero attached hydrogens (tertiary/aromatic N) is 1. The molecule has 0 aliphatic carbocycles. The summed E-state index contributed by atoms with van der Waals surface area (Å²) in [5.41, 5.74) is 1.59. The average Bonchev–Trinajstić information content (AvgIpc) is 2.46. The normalized spacial score (nSPS) is 24.5. The summed E-state index contributed by atoms with van der Waals surface area (Å²) >= 11 is 0. The van der Waals surface area contributed by atoms with Crippen molar-refractivity contribution in [1.29, 1.82) is 0 Å². The summed E-state index contributed by atoms with van der Waals surface area (Å²) in [6.07, 6.45) is 2.27. The molecule has 2 aliphatic rings. The van der Waals surface area contributed by atoms with Crippen molar-refractivity contribution >= 4 is 12.4 Å². The Bertz CT molecular complexity index is 443. The molecule has 2 heterocycles. The molecule has 3 nitrogen and oxygen atoms in total. The number of nitrogens with one attached hydrogen (secondary N) is 1. The summed E-state index contributed by atoms with van der Waals surface area (Å²) in [5, 5.41) is 3.44. The van der Waals surface area contributed by atoms with E-state index >= 15 is 0 Å². The van der Waals surface area contributed by atoms with E-state index in [1.165, 1.54) is 5.56 Å². The van der Waals surface area contributed by atoms with Crippen molar-refractivity contribution in [3.8, 4) is 0 Å². The van der Waals surface area contributed by atoms with Gasteiger partial charge in [-0.25, -0.2) is 0 Å². The first-order valence-corrected chi connectivity index (χ1v) is 7.73. The van der Waals surface area contributed by atoms with E-state index in [1.807, 2.05) is 0 Å². The Kier molecular flexibility index (Phi) is 5.31. The molecule has 0 aromatic heterocycles. The molecule has 2 aliphatic heterocycles. The lowest BCUT2D eigenvalue weighted by atomic mass is 9.86. The number of morpholine rings is 1. The molecule has 1 spiro atoms. The van der Waals surface area contributed by atoms with E-state index in [9.17, 15) is 0 Å². The minimum atomic E-state index is 0. The Balaban J connectivity index is 0.00000161. The zero-order chi connectivity index (χ0) is 14.1. The van der Waals surface area contributed by atoms with Crippen LogP contribution in [0.25, 0.3) is 0 Å². The van der Waals surface area contributed by atoms with Crippen LogP contribution in [-0.2, 0) is 11.3 Å². The van der Waals surface area contributed by atoms with Gasteiger partial charge in [0.1, 0.15) is 0 Å². The van der Waals surface area contributed by atoms with Crippen molar-refractivity contribution in [2.75, 3.05) is 26.2 Å². The molecule has 0 saturated carbocycles. The van der Waals surface area contributed by atoms with Gasteiger partial charge in [0.2, 0.25) is 0 Å². The monoisotopic (exact) mass is 310 g/mol. The smallest absolute Gasteiger partial charge is 0.0834 e. The standard InChI is InChI=1S/C17H26N2O.ClH/c1-16(2)14-20-17(8-10-18-11-9-17)13-19(16)12-15-6-4-3-5-7-15;/h3-7,18H,8-14H2,1-2H3;1H. The van der Waals surface area contributed by atoms with Crippen molar-refractivity contribution in [3.05, 3.63) is 35.9 Å². The van der Waals surface area contributed by atoms with E-state index in [0.29, 0.717) is 0 Å². The summed E-state index contributed by atoms with van der Waals surface area (Å²) in [4.78, 5) is 2.61. The van der Waals surface area contributed by atoms with Crippen molar-refractivity contribution in [1.82, 2.24) is 10.2 Å². The minimum Gasteiger partial charge on any atom is -0.372 e. The van der Waals surface area contributed by atoms with E-state index in [-0.39, 0.29) is 23.5 Å². The van der Waals surface area contributed by atoms with Crippen LogP contribution in [0.3, 0.4) is 0 Å². The summed E-state index contributed by atoms with van der Waals surface area (Å²) in [6, 6.07) is 10.8. The molecule has 3 rings (SSSR count). The maximum atomic E-state index is 6.31. The molecule has 1 aromatic carbocycles. The maximum Gasteiger partial charge on any atom is 0.0834 e. The van der Waals surface area contributed by atoms with Gasteiger partial charge in [-0.3, -0.25) is 4.90 Å². The molecule has 4 heteroatoms. The zero-order valence-corrected chi connectivity index (χ0v) is 13.9. The van der Waals surface area contributed by atoms with Crippen LogP contribution >= 0.6 is 12.4 Å². The zero-order valence-electron chi connectivity index (χ0n) is 13.1. The van der Waals surface area contributed by atoms with Gasteiger partial charge in [-0.05, 0) is 45.3 Å². The van der Waals surface area contributed by atoms with Crippen LogP contribution in [0.1, 0.15) is 32.3 Å². The fourth-order valence-electron chi connectivity index (χ4n) is 3.29. The third kappa shape index (κ3) is 3.78. The van der Waals surface area contributed by atoms with E-state index in [2.05, 4.69) is 54.4 Å². The molecule has 0 atom stereocenters. The van der Waals surface area contributed by atoms with E-state index in [4.69, 9.17) is 4.74 Å². The third-order valence-electron chi connectivity index (χ3n) is 4.80. The van der Waals surface area contributed by atoms with E-state index in [1.54, 1.807) is 0 Å². The Morgan fingerprint density at radius 2 is 1.81 bits per heavy atom. The lowest BCUT2D eigenvalue weighted by molar-refractivity contribution is -0.173. The molecule has 0 radical (unpaired) electrons. The maximum absolute atomic E-state index is 6.31. The molecule has 1 N–H and O–H groups in total. The SMILES string of the molecule is CC1(C)COC2(CCNCC2)CN1Cc1ccccc1.Cl. The van der Waals surface area contributed by atoms with Gasteiger partial charge in [-0.1, -0.05) is 30.3 Å². The summed E-state index contributed by atoms with van der Waals surface area (Å²) < 4.78 is 6.31. The van der Waals surface area contributed by atoms with E-state index in [0.717, 1.165) is 45.6 Å². The first-order chi connectivity index (χ1) is 9.60. The topological polar surface area (TPSA) is 24.5 Å². The fraction of sp³-hybridized carbons (Fsp3) is 0.647. The second kappa shape index (κ2) is 6.66. The molecular formula is C17H27ClN2O. The predicted octanol–water partition coefficient (Wildman–Crippen LogP) is 2.84. The Morgan fingerprint density at radius 1 is 1.14 bits per heavy atom. The van der Waals surface area contributed by atoms with Crippen LogP contribution in [0, 0.1) is 0 Å². The highest BCUT2D eigenvalue weighted by atomic mass is 35.5. The highest BCUT2D eigenvalue weighted by Crippen LogP contribution is 2.34. The molecule has 2 saturated heterocycles. The molecule has 0 bridgehead atoms. The van der Waals surface area contributed by atoms with Gasteiger partial charge in [-0.15, -0.1) is 12.4 Å².